The number of nitrogens with one attached hydrogen (secondary N) is 1. The van der Waals surface area contributed by atoms with E-state index in [0.717, 1.165) is 31.6 Å². The van der Waals surface area contributed by atoms with Crippen molar-refractivity contribution in [3.8, 4) is 0 Å². The van der Waals surface area contributed by atoms with Gasteiger partial charge in [0, 0.05) is 45.5 Å². The summed E-state index contributed by atoms with van der Waals surface area (Å²) in [4.78, 5) is 19.8. The van der Waals surface area contributed by atoms with Crippen molar-refractivity contribution in [2.75, 3.05) is 27.2 Å². The van der Waals surface area contributed by atoms with E-state index in [2.05, 4.69) is 17.2 Å². The van der Waals surface area contributed by atoms with E-state index in [1.54, 1.807) is 19.0 Å². The van der Waals surface area contributed by atoms with Crippen LogP contribution in [-0.4, -0.2) is 54.0 Å². The van der Waals surface area contributed by atoms with Gasteiger partial charge in [-0.1, -0.05) is 6.07 Å². The number of carbonyl (C=O) groups excluding carboxylic acids is 1. The standard InChI is InChI=1S/C15H24N4O/c1-12(14-6-4-5-9-16-14)17-13-7-10-19(11-8-13)15(20)18(2)3/h4-6,9,12-13,17H,7-8,10-11H2,1-3H3/t12-/m0/s1. The molecule has 2 amide bonds. The zero-order valence-electron chi connectivity index (χ0n) is 12.5. The Bertz CT molecular complexity index is 427. The molecule has 2 heterocycles. The quantitative estimate of drug-likeness (QED) is 0.917. The molecule has 1 aromatic heterocycles. The molecule has 0 unspecified atom stereocenters. The fraction of sp³-hybridized carbons (Fsp3) is 0.600. The van der Waals surface area contributed by atoms with Crippen LogP contribution in [0.25, 0.3) is 0 Å². The fourth-order valence-electron chi connectivity index (χ4n) is 2.59. The van der Waals surface area contributed by atoms with Gasteiger partial charge in [0.25, 0.3) is 0 Å². The van der Waals surface area contributed by atoms with Gasteiger partial charge in [0.2, 0.25) is 0 Å². The summed E-state index contributed by atoms with van der Waals surface area (Å²) in [6, 6.07) is 6.81. The molecule has 1 N–H and O–H groups in total. The van der Waals surface area contributed by atoms with Gasteiger partial charge >= 0.3 is 6.03 Å². The number of urea groups is 1. The van der Waals surface area contributed by atoms with Crippen LogP contribution in [-0.2, 0) is 0 Å². The summed E-state index contributed by atoms with van der Waals surface area (Å²) in [7, 11) is 3.60. The summed E-state index contributed by atoms with van der Waals surface area (Å²) in [5, 5.41) is 3.61. The Labute approximate surface area is 121 Å². The lowest BCUT2D eigenvalue weighted by Gasteiger charge is -2.35. The van der Waals surface area contributed by atoms with Crippen molar-refractivity contribution in [2.24, 2.45) is 0 Å². The van der Waals surface area contributed by atoms with Gasteiger partial charge in [-0.05, 0) is 31.9 Å². The van der Waals surface area contributed by atoms with Crippen molar-refractivity contribution in [2.45, 2.75) is 31.8 Å². The van der Waals surface area contributed by atoms with Gasteiger partial charge in [-0.15, -0.1) is 0 Å². The van der Waals surface area contributed by atoms with Crippen LogP contribution in [0.5, 0.6) is 0 Å². The van der Waals surface area contributed by atoms with Gasteiger partial charge in [-0.25, -0.2) is 4.79 Å². The average Bonchev–Trinajstić information content (AvgIpc) is 2.48. The van der Waals surface area contributed by atoms with E-state index in [1.807, 2.05) is 29.3 Å². The monoisotopic (exact) mass is 276 g/mol. The van der Waals surface area contributed by atoms with Crippen LogP contribution in [0.4, 0.5) is 4.79 Å². The maximum absolute atomic E-state index is 11.9. The number of nitrogens with zero attached hydrogens (tertiary/aromatic N) is 3. The minimum Gasteiger partial charge on any atom is -0.331 e. The van der Waals surface area contributed by atoms with Crippen LogP contribution in [0.3, 0.4) is 0 Å². The molecule has 0 aliphatic carbocycles. The lowest BCUT2D eigenvalue weighted by Crippen LogP contribution is -2.48. The van der Waals surface area contributed by atoms with E-state index in [4.69, 9.17) is 0 Å². The van der Waals surface area contributed by atoms with E-state index >= 15 is 0 Å². The highest BCUT2D eigenvalue weighted by molar-refractivity contribution is 5.73. The minimum atomic E-state index is 0.112. The molecule has 0 saturated carbocycles. The molecule has 5 nitrogen and oxygen atoms in total. The second-order valence-corrected chi connectivity index (χ2v) is 5.58. The van der Waals surface area contributed by atoms with Crippen molar-refractivity contribution < 1.29 is 4.79 Å². The van der Waals surface area contributed by atoms with Crippen molar-refractivity contribution in [3.05, 3.63) is 30.1 Å². The number of amides is 2. The van der Waals surface area contributed by atoms with Crippen molar-refractivity contribution in [1.29, 1.82) is 0 Å². The van der Waals surface area contributed by atoms with Gasteiger partial charge < -0.3 is 15.1 Å². The smallest absolute Gasteiger partial charge is 0.319 e. The van der Waals surface area contributed by atoms with Crippen molar-refractivity contribution in [3.63, 3.8) is 0 Å². The summed E-state index contributed by atoms with van der Waals surface area (Å²) in [5.74, 6) is 0. The third-order valence-corrected chi connectivity index (χ3v) is 3.77. The van der Waals surface area contributed by atoms with Crippen LogP contribution in [0.15, 0.2) is 24.4 Å². The predicted molar refractivity (Wildman–Crippen MR) is 79.5 cm³/mol. The lowest BCUT2D eigenvalue weighted by molar-refractivity contribution is 0.151. The summed E-state index contributed by atoms with van der Waals surface area (Å²) in [6.07, 6.45) is 3.82. The topological polar surface area (TPSA) is 48.5 Å². The first-order valence-corrected chi connectivity index (χ1v) is 7.21. The Kier molecular flexibility index (Phi) is 4.95. The lowest BCUT2D eigenvalue weighted by atomic mass is 10.0. The zero-order chi connectivity index (χ0) is 14.5. The highest BCUT2D eigenvalue weighted by atomic mass is 16.2. The molecule has 20 heavy (non-hydrogen) atoms. The van der Waals surface area contributed by atoms with Crippen LogP contribution >= 0.6 is 0 Å². The highest BCUT2D eigenvalue weighted by Crippen LogP contribution is 2.16. The van der Waals surface area contributed by atoms with Gasteiger partial charge in [-0.2, -0.15) is 0 Å². The summed E-state index contributed by atoms with van der Waals surface area (Å²) < 4.78 is 0. The maximum Gasteiger partial charge on any atom is 0.319 e. The Morgan fingerprint density at radius 1 is 1.40 bits per heavy atom. The van der Waals surface area contributed by atoms with Gasteiger partial charge in [0.1, 0.15) is 0 Å². The van der Waals surface area contributed by atoms with E-state index in [0.29, 0.717) is 6.04 Å². The molecule has 1 aliphatic rings. The number of aromatic nitrogens is 1. The van der Waals surface area contributed by atoms with Gasteiger partial charge in [0.05, 0.1) is 5.69 Å². The van der Waals surface area contributed by atoms with E-state index in [9.17, 15) is 4.79 Å². The first kappa shape index (κ1) is 14.8. The second kappa shape index (κ2) is 6.70. The third-order valence-electron chi connectivity index (χ3n) is 3.77. The summed E-state index contributed by atoms with van der Waals surface area (Å²) in [6.45, 7) is 3.78. The molecule has 110 valence electrons. The molecule has 1 saturated heterocycles. The normalized spacial score (nSPS) is 17.9. The van der Waals surface area contributed by atoms with E-state index in [1.165, 1.54) is 0 Å². The average molecular weight is 276 g/mol. The van der Waals surface area contributed by atoms with Gasteiger partial charge in [-0.3, -0.25) is 4.98 Å². The zero-order valence-corrected chi connectivity index (χ0v) is 12.5. The Hall–Kier alpha value is -1.62. The number of pyridine rings is 1. The largest absolute Gasteiger partial charge is 0.331 e. The number of likely N-dealkylation sites (tertiary alicyclic amines) is 1. The van der Waals surface area contributed by atoms with Crippen LogP contribution in [0.1, 0.15) is 31.5 Å². The second-order valence-electron chi connectivity index (χ2n) is 5.58. The van der Waals surface area contributed by atoms with Crippen molar-refractivity contribution in [1.82, 2.24) is 20.1 Å². The molecule has 1 aromatic rings. The molecule has 0 aromatic carbocycles. The predicted octanol–water partition coefficient (Wildman–Crippen LogP) is 1.88. The molecular weight excluding hydrogens is 252 g/mol. The number of hydrogen-bond acceptors (Lipinski definition) is 3. The molecule has 2 rings (SSSR count). The van der Waals surface area contributed by atoms with Crippen LogP contribution < -0.4 is 5.32 Å². The highest BCUT2D eigenvalue weighted by Gasteiger charge is 2.24. The van der Waals surface area contributed by atoms with E-state index < -0.39 is 0 Å². The molecule has 1 aliphatic heterocycles. The number of carbonyl (C=O) groups is 1. The number of hydrogen-bond donors (Lipinski definition) is 1. The third kappa shape index (κ3) is 3.70. The Balaban J connectivity index is 1.81. The molecular formula is C15H24N4O. The first-order valence-electron chi connectivity index (χ1n) is 7.21. The molecule has 0 bridgehead atoms. The van der Waals surface area contributed by atoms with Crippen molar-refractivity contribution >= 4 is 6.03 Å². The maximum atomic E-state index is 11.9. The summed E-state index contributed by atoms with van der Waals surface area (Å²) >= 11 is 0. The Morgan fingerprint density at radius 3 is 2.65 bits per heavy atom. The molecule has 1 fully saturated rings. The molecule has 5 heteroatoms. The van der Waals surface area contributed by atoms with Crippen LogP contribution in [0, 0.1) is 0 Å². The number of rotatable bonds is 3. The SMILES string of the molecule is C[C@H](NC1CCN(C(=O)N(C)C)CC1)c1ccccn1. The Morgan fingerprint density at radius 2 is 2.10 bits per heavy atom. The fourth-order valence-corrected chi connectivity index (χ4v) is 2.59. The minimum absolute atomic E-state index is 0.112. The molecule has 0 radical (unpaired) electrons. The molecule has 0 spiro atoms. The van der Waals surface area contributed by atoms with Gasteiger partial charge in [0.15, 0.2) is 0 Å². The van der Waals surface area contributed by atoms with E-state index in [-0.39, 0.29) is 12.1 Å². The first-order chi connectivity index (χ1) is 9.58. The van der Waals surface area contributed by atoms with Crippen LogP contribution in [0.2, 0.25) is 0 Å². The molecule has 1 atom stereocenters. The summed E-state index contributed by atoms with van der Waals surface area (Å²) in [5.41, 5.74) is 1.07. The number of piperidine rings is 1.